The van der Waals surface area contributed by atoms with Crippen LogP contribution in [0.3, 0.4) is 0 Å². The van der Waals surface area contributed by atoms with E-state index in [2.05, 4.69) is 27.7 Å². The summed E-state index contributed by atoms with van der Waals surface area (Å²) < 4.78 is 0. The summed E-state index contributed by atoms with van der Waals surface area (Å²) in [5, 5.41) is 0. The molecule has 2 fully saturated rings. The molecule has 0 aliphatic heterocycles. The number of amides is 1. The SMILES string of the molecule is CC1CC2(C)CCCC(C)(C)C2CC1C(N)=O. The van der Waals surface area contributed by atoms with Gasteiger partial charge in [0.25, 0.3) is 0 Å². The van der Waals surface area contributed by atoms with E-state index in [9.17, 15) is 4.79 Å². The van der Waals surface area contributed by atoms with E-state index < -0.39 is 0 Å². The van der Waals surface area contributed by atoms with Gasteiger partial charge < -0.3 is 5.73 Å². The maximum Gasteiger partial charge on any atom is 0.220 e. The van der Waals surface area contributed by atoms with Crippen molar-refractivity contribution in [3.63, 3.8) is 0 Å². The van der Waals surface area contributed by atoms with Crippen LogP contribution < -0.4 is 5.73 Å². The molecule has 2 N–H and O–H groups in total. The van der Waals surface area contributed by atoms with Gasteiger partial charge in [0, 0.05) is 5.92 Å². The molecular weight excluding hydrogens is 210 g/mol. The first-order valence-electron chi connectivity index (χ1n) is 7.05. The van der Waals surface area contributed by atoms with Crippen LogP contribution >= 0.6 is 0 Å². The molecule has 2 saturated carbocycles. The summed E-state index contributed by atoms with van der Waals surface area (Å²) >= 11 is 0. The number of rotatable bonds is 1. The number of hydrogen-bond acceptors (Lipinski definition) is 1. The fourth-order valence-electron chi connectivity index (χ4n) is 4.85. The average molecular weight is 237 g/mol. The Labute approximate surface area is 105 Å². The molecule has 0 saturated heterocycles. The smallest absolute Gasteiger partial charge is 0.220 e. The third-order valence-electron chi connectivity index (χ3n) is 5.68. The van der Waals surface area contributed by atoms with Gasteiger partial charge in [0.15, 0.2) is 0 Å². The van der Waals surface area contributed by atoms with E-state index in [1.165, 1.54) is 25.7 Å². The van der Waals surface area contributed by atoms with Gasteiger partial charge in [-0.3, -0.25) is 4.79 Å². The summed E-state index contributed by atoms with van der Waals surface area (Å²) in [6.45, 7) is 9.40. The summed E-state index contributed by atoms with van der Waals surface area (Å²) in [6, 6.07) is 0. The maximum absolute atomic E-state index is 11.6. The zero-order valence-electron chi connectivity index (χ0n) is 11.8. The van der Waals surface area contributed by atoms with Crippen LogP contribution in [-0.2, 0) is 4.79 Å². The molecule has 0 aromatic carbocycles. The molecule has 4 unspecified atom stereocenters. The molecular formula is C15H27NO. The van der Waals surface area contributed by atoms with E-state index in [0.29, 0.717) is 22.7 Å². The fourth-order valence-corrected chi connectivity index (χ4v) is 4.85. The highest BCUT2D eigenvalue weighted by Gasteiger charge is 2.52. The number of hydrogen-bond donors (Lipinski definition) is 1. The lowest BCUT2D eigenvalue weighted by Gasteiger charge is -2.56. The lowest BCUT2D eigenvalue weighted by atomic mass is 9.48. The maximum atomic E-state index is 11.6. The molecule has 0 radical (unpaired) electrons. The van der Waals surface area contributed by atoms with Crippen LogP contribution in [0.2, 0.25) is 0 Å². The molecule has 0 spiro atoms. The quantitative estimate of drug-likeness (QED) is 0.746. The lowest BCUT2D eigenvalue weighted by molar-refractivity contribution is -0.132. The summed E-state index contributed by atoms with van der Waals surface area (Å²) in [5.41, 5.74) is 6.39. The topological polar surface area (TPSA) is 43.1 Å². The van der Waals surface area contributed by atoms with Gasteiger partial charge in [-0.15, -0.1) is 0 Å². The second-order valence-electron chi connectivity index (χ2n) is 7.47. The van der Waals surface area contributed by atoms with Crippen LogP contribution in [0.25, 0.3) is 0 Å². The first kappa shape index (κ1) is 12.9. The molecule has 0 aromatic rings. The lowest BCUT2D eigenvalue weighted by Crippen LogP contribution is -2.50. The third kappa shape index (κ3) is 2.11. The monoisotopic (exact) mass is 237 g/mol. The first-order chi connectivity index (χ1) is 7.76. The van der Waals surface area contributed by atoms with Gasteiger partial charge in [-0.25, -0.2) is 0 Å². The van der Waals surface area contributed by atoms with Crippen molar-refractivity contribution in [3.05, 3.63) is 0 Å². The highest BCUT2D eigenvalue weighted by molar-refractivity contribution is 5.77. The third-order valence-corrected chi connectivity index (χ3v) is 5.68. The Bertz CT molecular complexity index is 323. The van der Waals surface area contributed by atoms with Crippen molar-refractivity contribution in [3.8, 4) is 0 Å². The first-order valence-corrected chi connectivity index (χ1v) is 7.05. The van der Waals surface area contributed by atoms with E-state index in [4.69, 9.17) is 5.73 Å². The molecule has 2 heteroatoms. The highest BCUT2D eigenvalue weighted by Crippen LogP contribution is 2.59. The van der Waals surface area contributed by atoms with Crippen molar-refractivity contribution in [2.75, 3.05) is 0 Å². The average Bonchev–Trinajstić information content (AvgIpc) is 2.14. The molecule has 4 atom stereocenters. The highest BCUT2D eigenvalue weighted by atomic mass is 16.1. The Hall–Kier alpha value is -0.530. The Kier molecular flexibility index (Phi) is 3.04. The summed E-state index contributed by atoms with van der Waals surface area (Å²) in [7, 11) is 0. The van der Waals surface area contributed by atoms with Crippen molar-refractivity contribution < 1.29 is 4.79 Å². The fraction of sp³-hybridized carbons (Fsp3) is 0.933. The summed E-state index contributed by atoms with van der Waals surface area (Å²) in [6.07, 6.45) is 6.16. The van der Waals surface area contributed by atoms with Crippen molar-refractivity contribution in [2.45, 2.75) is 59.8 Å². The number of carbonyl (C=O) groups excluding carboxylic acids is 1. The van der Waals surface area contributed by atoms with E-state index in [0.717, 1.165) is 6.42 Å². The number of fused-ring (bicyclic) bond motifs is 1. The van der Waals surface area contributed by atoms with Gasteiger partial charge in [-0.05, 0) is 48.3 Å². The van der Waals surface area contributed by atoms with Gasteiger partial charge in [-0.2, -0.15) is 0 Å². The summed E-state index contributed by atoms with van der Waals surface area (Å²) in [4.78, 5) is 11.6. The predicted molar refractivity (Wildman–Crippen MR) is 70.3 cm³/mol. The van der Waals surface area contributed by atoms with Crippen LogP contribution in [-0.4, -0.2) is 5.91 Å². The summed E-state index contributed by atoms with van der Waals surface area (Å²) in [5.74, 6) is 1.14. The normalized spacial score (nSPS) is 45.1. The standard InChI is InChI=1S/C15H27NO/c1-10-9-15(4)7-5-6-14(2,3)12(15)8-11(10)13(16)17/h10-12H,5-9H2,1-4H3,(H2,16,17). The molecule has 0 aromatic heterocycles. The zero-order chi connectivity index (χ0) is 12.8. The van der Waals surface area contributed by atoms with Crippen LogP contribution in [0.15, 0.2) is 0 Å². The zero-order valence-corrected chi connectivity index (χ0v) is 11.8. The van der Waals surface area contributed by atoms with E-state index in [-0.39, 0.29) is 11.8 Å². The van der Waals surface area contributed by atoms with E-state index >= 15 is 0 Å². The molecule has 0 bridgehead atoms. The Balaban J connectivity index is 2.27. The molecule has 98 valence electrons. The van der Waals surface area contributed by atoms with Crippen molar-refractivity contribution in [2.24, 2.45) is 34.3 Å². The van der Waals surface area contributed by atoms with Gasteiger partial charge in [0.1, 0.15) is 0 Å². The second kappa shape index (κ2) is 4.00. The number of carbonyl (C=O) groups is 1. The van der Waals surface area contributed by atoms with E-state index in [1.54, 1.807) is 0 Å². The molecule has 1 amide bonds. The largest absolute Gasteiger partial charge is 0.369 e. The minimum atomic E-state index is -0.0825. The van der Waals surface area contributed by atoms with Gasteiger partial charge in [-0.1, -0.05) is 34.1 Å². The van der Waals surface area contributed by atoms with Crippen molar-refractivity contribution in [1.82, 2.24) is 0 Å². The minimum Gasteiger partial charge on any atom is -0.369 e. The van der Waals surface area contributed by atoms with Crippen LogP contribution in [0, 0.1) is 28.6 Å². The Morgan fingerprint density at radius 1 is 1.24 bits per heavy atom. The van der Waals surface area contributed by atoms with Crippen LogP contribution in [0.4, 0.5) is 0 Å². The molecule has 2 rings (SSSR count). The molecule has 17 heavy (non-hydrogen) atoms. The predicted octanol–water partition coefficient (Wildman–Crippen LogP) is 3.35. The number of primary amides is 1. The Morgan fingerprint density at radius 2 is 1.88 bits per heavy atom. The number of nitrogens with two attached hydrogens (primary N) is 1. The van der Waals surface area contributed by atoms with Crippen LogP contribution in [0.5, 0.6) is 0 Å². The molecule has 2 aliphatic rings. The van der Waals surface area contributed by atoms with Crippen molar-refractivity contribution >= 4 is 5.91 Å². The van der Waals surface area contributed by atoms with Crippen molar-refractivity contribution in [1.29, 1.82) is 0 Å². The second-order valence-corrected chi connectivity index (χ2v) is 7.47. The Morgan fingerprint density at radius 3 is 2.47 bits per heavy atom. The molecule has 2 aliphatic carbocycles. The molecule has 0 heterocycles. The van der Waals surface area contributed by atoms with Crippen LogP contribution in [0.1, 0.15) is 59.8 Å². The van der Waals surface area contributed by atoms with Gasteiger partial charge in [0.2, 0.25) is 5.91 Å². The molecule has 2 nitrogen and oxygen atoms in total. The van der Waals surface area contributed by atoms with E-state index in [1.807, 2.05) is 0 Å². The van der Waals surface area contributed by atoms with Gasteiger partial charge in [0.05, 0.1) is 0 Å². The van der Waals surface area contributed by atoms with Gasteiger partial charge >= 0.3 is 0 Å². The minimum absolute atomic E-state index is 0.0825.